The molecule has 0 saturated carbocycles. The van der Waals surface area contributed by atoms with Crippen molar-refractivity contribution < 1.29 is 9.90 Å². The summed E-state index contributed by atoms with van der Waals surface area (Å²) in [6, 6.07) is 1.75. The van der Waals surface area contributed by atoms with Gasteiger partial charge in [0.15, 0.2) is 0 Å². The molecule has 1 atom stereocenters. The standard InChI is InChI=1S/C7H13N3O2/c8-4-1-2-7(10,3-5-9)6(11)12/h1-4,8,10H2,(H,11,12). The molecular formula is C7H13N3O2. The van der Waals surface area contributed by atoms with Gasteiger partial charge in [-0.05, 0) is 19.4 Å². The van der Waals surface area contributed by atoms with Crippen LogP contribution in [0.4, 0.5) is 0 Å². The van der Waals surface area contributed by atoms with E-state index in [1.165, 1.54) is 0 Å². The average Bonchev–Trinajstić information content (AvgIpc) is 2.01. The summed E-state index contributed by atoms with van der Waals surface area (Å²) in [4.78, 5) is 10.6. The lowest BCUT2D eigenvalue weighted by Gasteiger charge is -2.20. The number of carboxylic acids is 1. The van der Waals surface area contributed by atoms with Crippen LogP contribution in [0.15, 0.2) is 0 Å². The van der Waals surface area contributed by atoms with E-state index in [2.05, 4.69) is 0 Å². The van der Waals surface area contributed by atoms with Crippen LogP contribution in [0, 0.1) is 11.3 Å². The summed E-state index contributed by atoms with van der Waals surface area (Å²) in [5.74, 6) is -1.14. The number of carbonyl (C=O) groups is 1. The Morgan fingerprint density at radius 3 is 2.58 bits per heavy atom. The van der Waals surface area contributed by atoms with Gasteiger partial charge in [0.05, 0.1) is 12.5 Å². The summed E-state index contributed by atoms with van der Waals surface area (Å²) in [7, 11) is 0. The van der Waals surface area contributed by atoms with Crippen molar-refractivity contribution in [2.24, 2.45) is 11.5 Å². The van der Waals surface area contributed by atoms with Crippen molar-refractivity contribution in [2.45, 2.75) is 24.8 Å². The van der Waals surface area contributed by atoms with E-state index in [0.29, 0.717) is 13.0 Å². The SMILES string of the molecule is N#CCC(N)(CCCN)C(=O)O. The van der Waals surface area contributed by atoms with Gasteiger partial charge in [-0.3, -0.25) is 4.79 Å². The Hall–Kier alpha value is -1.12. The zero-order valence-electron chi connectivity index (χ0n) is 6.79. The van der Waals surface area contributed by atoms with Crippen molar-refractivity contribution in [1.29, 1.82) is 5.26 Å². The van der Waals surface area contributed by atoms with Gasteiger partial charge in [-0.15, -0.1) is 0 Å². The van der Waals surface area contributed by atoms with Crippen LogP contribution in [0.25, 0.3) is 0 Å². The highest BCUT2D eigenvalue weighted by Gasteiger charge is 2.32. The number of aliphatic carboxylic acids is 1. The van der Waals surface area contributed by atoms with E-state index in [-0.39, 0.29) is 12.8 Å². The smallest absolute Gasteiger partial charge is 0.324 e. The van der Waals surface area contributed by atoms with Crippen molar-refractivity contribution in [1.82, 2.24) is 0 Å². The molecule has 0 radical (unpaired) electrons. The molecule has 5 nitrogen and oxygen atoms in total. The van der Waals surface area contributed by atoms with Crippen molar-refractivity contribution in [3.63, 3.8) is 0 Å². The molecule has 0 aliphatic heterocycles. The van der Waals surface area contributed by atoms with Crippen molar-refractivity contribution in [2.75, 3.05) is 6.54 Å². The third-order valence-corrected chi connectivity index (χ3v) is 1.65. The maximum absolute atomic E-state index is 10.6. The van der Waals surface area contributed by atoms with Gasteiger partial charge in [0.1, 0.15) is 5.54 Å². The Morgan fingerprint density at radius 1 is 1.67 bits per heavy atom. The zero-order valence-corrected chi connectivity index (χ0v) is 6.79. The third kappa shape index (κ3) is 2.86. The molecule has 68 valence electrons. The van der Waals surface area contributed by atoms with E-state index < -0.39 is 11.5 Å². The fourth-order valence-electron chi connectivity index (χ4n) is 0.830. The third-order valence-electron chi connectivity index (χ3n) is 1.65. The number of hydrogen-bond donors (Lipinski definition) is 3. The number of nitriles is 1. The van der Waals surface area contributed by atoms with Gasteiger partial charge in [-0.1, -0.05) is 0 Å². The van der Waals surface area contributed by atoms with E-state index in [0.717, 1.165) is 0 Å². The first-order valence-electron chi connectivity index (χ1n) is 3.66. The van der Waals surface area contributed by atoms with Crippen LogP contribution in [-0.4, -0.2) is 23.2 Å². The first-order valence-corrected chi connectivity index (χ1v) is 3.66. The quantitative estimate of drug-likeness (QED) is 0.512. The Bertz CT molecular complexity index is 199. The predicted octanol–water partition coefficient (Wildman–Crippen LogP) is -0.579. The van der Waals surface area contributed by atoms with Gasteiger partial charge < -0.3 is 16.6 Å². The minimum Gasteiger partial charge on any atom is -0.480 e. The molecule has 0 saturated heterocycles. The molecule has 5 N–H and O–H groups in total. The summed E-state index contributed by atoms with van der Waals surface area (Å²) in [6.45, 7) is 0.387. The number of carboxylic acid groups (broad SMARTS) is 1. The first-order chi connectivity index (χ1) is 5.56. The topological polar surface area (TPSA) is 113 Å². The van der Waals surface area contributed by atoms with Crippen LogP contribution in [0.3, 0.4) is 0 Å². The molecule has 0 aromatic rings. The molecule has 0 aromatic carbocycles. The number of nitrogens with two attached hydrogens (primary N) is 2. The second kappa shape index (κ2) is 4.70. The van der Waals surface area contributed by atoms with Crippen LogP contribution in [0.1, 0.15) is 19.3 Å². The van der Waals surface area contributed by atoms with Gasteiger partial charge in [-0.25, -0.2) is 0 Å². The average molecular weight is 171 g/mol. The number of rotatable bonds is 5. The van der Waals surface area contributed by atoms with Crippen LogP contribution < -0.4 is 11.5 Å². The van der Waals surface area contributed by atoms with E-state index in [1.807, 2.05) is 0 Å². The second-order valence-corrected chi connectivity index (χ2v) is 2.69. The first kappa shape index (κ1) is 10.9. The summed E-state index contributed by atoms with van der Waals surface area (Å²) in [5, 5.41) is 17.0. The van der Waals surface area contributed by atoms with E-state index in [9.17, 15) is 4.79 Å². The number of hydrogen-bond acceptors (Lipinski definition) is 4. The molecular weight excluding hydrogens is 158 g/mol. The summed E-state index contributed by atoms with van der Waals surface area (Å²) >= 11 is 0. The van der Waals surface area contributed by atoms with Crippen molar-refractivity contribution in [3.05, 3.63) is 0 Å². The predicted molar refractivity (Wildman–Crippen MR) is 43.1 cm³/mol. The number of nitrogens with zero attached hydrogens (tertiary/aromatic N) is 1. The van der Waals surface area contributed by atoms with E-state index >= 15 is 0 Å². The second-order valence-electron chi connectivity index (χ2n) is 2.69. The molecule has 0 amide bonds. The van der Waals surface area contributed by atoms with Crippen LogP contribution >= 0.6 is 0 Å². The minimum absolute atomic E-state index is 0.178. The van der Waals surface area contributed by atoms with Crippen molar-refractivity contribution >= 4 is 5.97 Å². The lowest BCUT2D eigenvalue weighted by molar-refractivity contribution is -0.143. The fourth-order valence-corrected chi connectivity index (χ4v) is 0.830. The molecule has 0 heterocycles. The zero-order chi connectivity index (χ0) is 9.61. The van der Waals surface area contributed by atoms with Crippen LogP contribution in [0.5, 0.6) is 0 Å². The largest absolute Gasteiger partial charge is 0.480 e. The van der Waals surface area contributed by atoms with Gasteiger partial charge >= 0.3 is 5.97 Å². The highest BCUT2D eigenvalue weighted by Crippen LogP contribution is 2.13. The maximum atomic E-state index is 10.6. The van der Waals surface area contributed by atoms with Crippen LogP contribution in [-0.2, 0) is 4.79 Å². The lowest BCUT2D eigenvalue weighted by atomic mass is 9.92. The van der Waals surface area contributed by atoms with Crippen molar-refractivity contribution in [3.8, 4) is 6.07 Å². The Labute approximate surface area is 71.0 Å². The lowest BCUT2D eigenvalue weighted by Crippen LogP contribution is -2.47. The van der Waals surface area contributed by atoms with Gasteiger partial charge in [0.25, 0.3) is 0 Å². The molecule has 12 heavy (non-hydrogen) atoms. The van der Waals surface area contributed by atoms with E-state index in [4.69, 9.17) is 21.8 Å². The Balaban J connectivity index is 4.20. The maximum Gasteiger partial charge on any atom is 0.324 e. The molecule has 0 bridgehead atoms. The Morgan fingerprint density at radius 2 is 2.25 bits per heavy atom. The van der Waals surface area contributed by atoms with E-state index in [1.54, 1.807) is 6.07 Å². The van der Waals surface area contributed by atoms with Gasteiger partial charge in [0.2, 0.25) is 0 Å². The molecule has 0 fully saturated rings. The molecule has 5 heteroatoms. The molecule has 1 unspecified atom stereocenters. The Kier molecular flexibility index (Phi) is 4.26. The molecule has 0 aliphatic carbocycles. The fraction of sp³-hybridized carbons (Fsp3) is 0.714. The highest BCUT2D eigenvalue weighted by molar-refractivity contribution is 5.78. The van der Waals surface area contributed by atoms with Gasteiger partial charge in [0, 0.05) is 0 Å². The molecule has 0 aliphatic rings. The minimum atomic E-state index is -1.42. The monoisotopic (exact) mass is 171 g/mol. The molecule has 0 spiro atoms. The summed E-state index contributed by atoms with van der Waals surface area (Å²) in [5.41, 5.74) is 9.24. The summed E-state index contributed by atoms with van der Waals surface area (Å²) in [6.07, 6.45) is 0.583. The van der Waals surface area contributed by atoms with Gasteiger partial charge in [-0.2, -0.15) is 5.26 Å². The molecule has 0 rings (SSSR count). The van der Waals surface area contributed by atoms with Crippen LogP contribution in [0.2, 0.25) is 0 Å². The summed E-state index contributed by atoms with van der Waals surface area (Å²) < 4.78 is 0. The molecule has 0 aromatic heterocycles. The normalized spacial score (nSPS) is 14.8. The highest BCUT2D eigenvalue weighted by atomic mass is 16.4.